The maximum absolute atomic E-state index is 11.6. The number of carboxylic acid groups (broad SMARTS) is 1. The molecule has 7 heteroatoms. The fourth-order valence-electron chi connectivity index (χ4n) is 1.37. The fourth-order valence-corrected chi connectivity index (χ4v) is 2.04. The topological polar surface area (TPSA) is 91.8 Å². The van der Waals surface area contributed by atoms with Crippen LogP contribution in [0.15, 0.2) is 0 Å². The molecule has 0 bridgehead atoms. The molecule has 0 saturated heterocycles. The molecule has 0 saturated carbocycles. The largest absolute Gasteiger partial charge is 0.480 e. The van der Waals surface area contributed by atoms with Crippen molar-refractivity contribution in [3.8, 4) is 0 Å². The summed E-state index contributed by atoms with van der Waals surface area (Å²) in [5, 5.41) is 8.62. The highest BCUT2D eigenvalue weighted by Gasteiger charge is 2.16. The highest BCUT2D eigenvalue weighted by Crippen LogP contribution is 2.01. The molecule has 0 aliphatic carbocycles. The first kappa shape index (κ1) is 15.9. The molecule has 0 spiro atoms. The Morgan fingerprint density at radius 3 is 2.29 bits per heavy atom. The van der Waals surface area contributed by atoms with Gasteiger partial charge in [0.2, 0.25) is 5.91 Å². The molecule has 6 nitrogen and oxygen atoms in total. The maximum atomic E-state index is 11.6. The van der Waals surface area contributed by atoms with E-state index in [0.717, 1.165) is 6.26 Å². The van der Waals surface area contributed by atoms with Crippen molar-refractivity contribution in [2.24, 2.45) is 0 Å². The average Bonchev–Trinajstić information content (AvgIpc) is 2.14. The van der Waals surface area contributed by atoms with Crippen LogP contribution in [0.2, 0.25) is 0 Å². The molecule has 100 valence electrons. The third-order valence-electron chi connectivity index (χ3n) is 2.08. The number of carbonyl (C=O) groups is 2. The Hall–Kier alpha value is -1.11. The lowest BCUT2D eigenvalue weighted by molar-refractivity contribution is -0.144. The molecule has 0 unspecified atom stereocenters. The number of hydrogen-bond acceptors (Lipinski definition) is 4. The quantitative estimate of drug-likeness (QED) is 0.673. The number of amides is 1. The van der Waals surface area contributed by atoms with Crippen LogP contribution >= 0.6 is 0 Å². The molecular formula is C10H19NO5S. The number of hydrogen-bond donors (Lipinski definition) is 1. The van der Waals surface area contributed by atoms with Crippen LogP contribution in [0.4, 0.5) is 0 Å². The molecule has 0 rings (SSSR count). The minimum absolute atomic E-state index is 0.0498. The smallest absolute Gasteiger partial charge is 0.323 e. The fraction of sp³-hybridized carbons (Fsp3) is 0.800. The van der Waals surface area contributed by atoms with Crippen molar-refractivity contribution < 1.29 is 23.1 Å². The predicted molar refractivity (Wildman–Crippen MR) is 63.5 cm³/mol. The van der Waals surface area contributed by atoms with Crippen LogP contribution in [0.25, 0.3) is 0 Å². The maximum Gasteiger partial charge on any atom is 0.323 e. The lowest BCUT2D eigenvalue weighted by atomic mass is 10.3. The molecule has 0 aliphatic heterocycles. The van der Waals surface area contributed by atoms with Gasteiger partial charge in [-0.25, -0.2) is 8.42 Å². The first-order valence-electron chi connectivity index (χ1n) is 5.43. The number of carbonyl (C=O) groups excluding carboxylic acids is 1. The van der Waals surface area contributed by atoms with Crippen LogP contribution in [0.3, 0.4) is 0 Å². The number of nitrogens with zero attached hydrogens (tertiary/aromatic N) is 1. The molecule has 0 heterocycles. The molecule has 1 amide bonds. The molecule has 0 atom stereocenters. The first-order valence-corrected chi connectivity index (χ1v) is 7.49. The Morgan fingerprint density at radius 2 is 1.88 bits per heavy atom. The lowest BCUT2D eigenvalue weighted by Crippen LogP contribution is -2.36. The molecular weight excluding hydrogens is 246 g/mol. The van der Waals surface area contributed by atoms with Gasteiger partial charge in [0.1, 0.15) is 16.4 Å². The summed E-state index contributed by atoms with van der Waals surface area (Å²) in [7, 11) is -3.07. The van der Waals surface area contributed by atoms with Gasteiger partial charge in [-0.15, -0.1) is 0 Å². The van der Waals surface area contributed by atoms with E-state index in [9.17, 15) is 18.0 Å². The van der Waals surface area contributed by atoms with Crippen molar-refractivity contribution in [3.05, 3.63) is 0 Å². The monoisotopic (exact) mass is 265 g/mol. The minimum Gasteiger partial charge on any atom is -0.480 e. The van der Waals surface area contributed by atoms with Crippen LogP contribution < -0.4 is 0 Å². The van der Waals surface area contributed by atoms with Gasteiger partial charge in [-0.1, -0.05) is 6.92 Å². The molecule has 0 radical (unpaired) electrons. The standard InChI is InChI=1S/C10H19NO5S/c1-3-6-11(8-10(13)14)9(12)5-4-7-17(2,15)16/h3-8H2,1-2H3,(H,13,14). The highest BCUT2D eigenvalue weighted by atomic mass is 32.2. The Bertz CT molecular complexity index is 363. The number of sulfone groups is 1. The van der Waals surface area contributed by atoms with E-state index >= 15 is 0 Å². The molecule has 0 aromatic heterocycles. The summed E-state index contributed by atoms with van der Waals surface area (Å²) in [4.78, 5) is 23.4. The first-order chi connectivity index (χ1) is 7.76. The summed E-state index contributed by atoms with van der Waals surface area (Å²) in [6.45, 7) is 1.90. The van der Waals surface area contributed by atoms with Gasteiger partial charge in [-0.3, -0.25) is 9.59 Å². The predicted octanol–water partition coefficient (Wildman–Crippen LogP) is 0.134. The molecule has 0 aliphatic rings. The summed E-state index contributed by atoms with van der Waals surface area (Å²) >= 11 is 0. The highest BCUT2D eigenvalue weighted by molar-refractivity contribution is 7.90. The second-order valence-corrected chi connectivity index (χ2v) is 6.20. The second-order valence-electron chi connectivity index (χ2n) is 3.94. The summed E-state index contributed by atoms with van der Waals surface area (Å²) in [5.74, 6) is -1.42. The van der Waals surface area contributed by atoms with Gasteiger partial charge < -0.3 is 10.0 Å². The Balaban J connectivity index is 4.18. The SMILES string of the molecule is CCCN(CC(=O)O)C(=O)CCCS(C)(=O)=O. The van der Waals surface area contributed by atoms with Crippen LogP contribution in [-0.2, 0) is 19.4 Å². The van der Waals surface area contributed by atoms with Crippen LogP contribution in [-0.4, -0.2) is 55.4 Å². The van der Waals surface area contributed by atoms with E-state index in [0.29, 0.717) is 13.0 Å². The third-order valence-corrected chi connectivity index (χ3v) is 3.11. The van der Waals surface area contributed by atoms with Gasteiger partial charge in [0.05, 0.1) is 5.75 Å². The van der Waals surface area contributed by atoms with Crippen molar-refractivity contribution in [1.82, 2.24) is 4.90 Å². The Morgan fingerprint density at radius 1 is 1.29 bits per heavy atom. The Labute approximate surface area is 102 Å². The lowest BCUT2D eigenvalue weighted by Gasteiger charge is -2.19. The van der Waals surface area contributed by atoms with Gasteiger partial charge in [0.15, 0.2) is 0 Å². The summed E-state index contributed by atoms with van der Waals surface area (Å²) in [5.41, 5.74) is 0. The molecule has 0 aromatic carbocycles. The van der Waals surface area contributed by atoms with Gasteiger partial charge in [-0.05, 0) is 12.8 Å². The van der Waals surface area contributed by atoms with E-state index in [1.54, 1.807) is 0 Å². The van der Waals surface area contributed by atoms with Gasteiger partial charge >= 0.3 is 5.97 Å². The molecule has 17 heavy (non-hydrogen) atoms. The van der Waals surface area contributed by atoms with E-state index in [1.807, 2.05) is 6.92 Å². The van der Waals surface area contributed by atoms with Crippen LogP contribution in [0.1, 0.15) is 26.2 Å². The van der Waals surface area contributed by atoms with Gasteiger partial charge in [0.25, 0.3) is 0 Å². The number of carboxylic acids is 1. The zero-order chi connectivity index (χ0) is 13.5. The van der Waals surface area contributed by atoms with Crippen molar-refractivity contribution in [3.63, 3.8) is 0 Å². The van der Waals surface area contributed by atoms with Crippen LogP contribution in [0.5, 0.6) is 0 Å². The van der Waals surface area contributed by atoms with Gasteiger partial charge in [0, 0.05) is 19.2 Å². The average molecular weight is 265 g/mol. The zero-order valence-corrected chi connectivity index (χ0v) is 11.0. The van der Waals surface area contributed by atoms with Crippen molar-refractivity contribution in [2.75, 3.05) is 25.1 Å². The van der Waals surface area contributed by atoms with Crippen molar-refractivity contribution in [1.29, 1.82) is 0 Å². The second kappa shape index (κ2) is 7.26. The third kappa shape index (κ3) is 8.67. The van der Waals surface area contributed by atoms with E-state index in [2.05, 4.69) is 0 Å². The van der Waals surface area contributed by atoms with Crippen LogP contribution in [0, 0.1) is 0 Å². The van der Waals surface area contributed by atoms with E-state index in [1.165, 1.54) is 4.90 Å². The normalized spacial score (nSPS) is 11.2. The van der Waals surface area contributed by atoms with E-state index in [4.69, 9.17) is 5.11 Å². The summed E-state index contributed by atoms with van der Waals surface area (Å²) in [6.07, 6.45) is 2.08. The molecule has 0 aromatic rings. The minimum atomic E-state index is -3.07. The number of aliphatic carboxylic acids is 1. The summed E-state index contributed by atoms with van der Waals surface area (Å²) in [6, 6.07) is 0. The summed E-state index contributed by atoms with van der Waals surface area (Å²) < 4.78 is 21.7. The Kier molecular flexibility index (Phi) is 6.79. The zero-order valence-electron chi connectivity index (χ0n) is 10.2. The van der Waals surface area contributed by atoms with E-state index < -0.39 is 15.8 Å². The van der Waals surface area contributed by atoms with Gasteiger partial charge in [-0.2, -0.15) is 0 Å². The van der Waals surface area contributed by atoms with Crippen molar-refractivity contribution in [2.45, 2.75) is 26.2 Å². The van der Waals surface area contributed by atoms with E-state index in [-0.39, 0.29) is 31.0 Å². The number of rotatable bonds is 8. The molecule has 1 N–H and O–H groups in total. The molecule has 0 fully saturated rings. The van der Waals surface area contributed by atoms with Crippen molar-refractivity contribution >= 4 is 21.7 Å².